The maximum Gasteiger partial charge on any atom is 0.180 e. The van der Waals surface area contributed by atoms with Crippen molar-refractivity contribution in [3.8, 4) is 6.19 Å². The summed E-state index contributed by atoms with van der Waals surface area (Å²) in [6, 6.07) is 0. The lowest BCUT2D eigenvalue weighted by Crippen LogP contribution is -1.99. The number of nitrogens with zero attached hydrogens (tertiary/aromatic N) is 1. The second-order valence-electron chi connectivity index (χ2n) is 2.84. The number of hydrogen-bond acceptors (Lipinski definition) is 3. The van der Waals surface area contributed by atoms with E-state index >= 15 is 0 Å². The summed E-state index contributed by atoms with van der Waals surface area (Å²) < 4.78 is 0. The number of allylic oxidation sites excluding steroid dienone is 1. The SMILES string of the molecule is N#CN/C=C/[C@H]1CC[C@@H](O)C1. The molecule has 2 N–H and O–H groups in total. The molecule has 0 aromatic heterocycles. The summed E-state index contributed by atoms with van der Waals surface area (Å²) in [5.74, 6) is 0.450. The van der Waals surface area contributed by atoms with Gasteiger partial charge in [0, 0.05) is 6.20 Å². The van der Waals surface area contributed by atoms with Crippen LogP contribution in [0.1, 0.15) is 19.3 Å². The first-order valence-electron chi connectivity index (χ1n) is 3.82. The summed E-state index contributed by atoms with van der Waals surface area (Å²) in [6.07, 6.45) is 8.02. The van der Waals surface area contributed by atoms with Crippen LogP contribution >= 0.6 is 0 Å². The highest BCUT2D eigenvalue weighted by Crippen LogP contribution is 2.25. The van der Waals surface area contributed by atoms with Crippen molar-refractivity contribution in [3.05, 3.63) is 12.3 Å². The van der Waals surface area contributed by atoms with Crippen molar-refractivity contribution < 1.29 is 5.11 Å². The quantitative estimate of drug-likeness (QED) is 0.453. The van der Waals surface area contributed by atoms with Crippen molar-refractivity contribution in [2.75, 3.05) is 0 Å². The van der Waals surface area contributed by atoms with Crippen LogP contribution in [0.15, 0.2) is 12.3 Å². The van der Waals surface area contributed by atoms with Crippen molar-refractivity contribution in [2.24, 2.45) is 5.92 Å². The molecular formula is C8H12N2O. The summed E-state index contributed by atoms with van der Waals surface area (Å²) >= 11 is 0. The first-order valence-corrected chi connectivity index (χ1v) is 3.82. The van der Waals surface area contributed by atoms with E-state index in [4.69, 9.17) is 10.4 Å². The van der Waals surface area contributed by atoms with E-state index in [1.165, 1.54) is 0 Å². The van der Waals surface area contributed by atoms with Gasteiger partial charge in [-0.2, -0.15) is 5.26 Å². The highest BCUT2D eigenvalue weighted by atomic mass is 16.3. The molecule has 11 heavy (non-hydrogen) atoms. The Bertz CT molecular complexity index is 183. The molecule has 0 aromatic rings. The van der Waals surface area contributed by atoms with E-state index in [1.807, 2.05) is 6.08 Å². The van der Waals surface area contributed by atoms with Crippen molar-refractivity contribution in [1.82, 2.24) is 5.32 Å². The summed E-state index contributed by atoms with van der Waals surface area (Å²) in [5.41, 5.74) is 0. The van der Waals surface area contributed by atoms with Gasteiger partial charge in [-0.3, -0.25) is 0 Å². The summed E-state index contributed by atoms with van der Waals surface area (Å²) in [7, 11) is 0. The highest BCUT2D eigenvalue weighted by Gasteiger charge is 2.19. The normalized spacial score (nSPS) is 30.5. The zero-order chi connectivity index (χ0) is 8.10. The van der Waals surface area contributed by atoms with Crippen LogP contribution in [-0.4, -0.2) is 11.2 Å². The molecule has 0 heterocycles. The number of nitriles is 1. The third-order valence-electron chi connectivity index (χ3n) is 1.96. The van der Waals surface area contributed by atoms with Crippen molar-refractivity contribution >= 4 is 0 Å². The third kappa shape index (κ3) is 2.60. The average Bonchev–Trinajstić information content (AvgIpc) is 2.37. The topological polar surface area (TPSA) is 56.0 Å². The molecule has 0 aromatic carbocycles. The van der Waals surface area contributed by atoms with E-state index < -0.39 is 0 Å². The fraction of sp³-hybridized carbons (Fsp3) is 0.625. The molecule has 1 fully saturated rings. The Hall–Kier alpha value is -1.01. The van der Waals surface area contributed by atoms with E-state index in [9.17, 15) is 0 Å². The molecule has 1 rings (SSSR count). The summed E-state index contributed by atoms with van der Waals surface area (Å²) in [6.45, 7) is 0. The molecule has 1 aliphatic rings. The van der Waals surface area contributed by atoms with Gasteiger partial charge in [0.15, 0.2) is 6.19 Å². The van der Waals surface area contributed by atoms with Crippen LogP contribution in [0.4, 0.5) is 0 Å². The number of aliphatic hydroxyl groups is 1. The minimum atomic E-state index is -0.133. The first kappa shape index (κ1) is 8.09. The van der Waals surface area contributed by atoms with Crippen LogP contribution in [-0.2, 0) is 0 Å². The Labute approximate surface area is 66.3 Å². The number of aliphatic hydroxyl groups excluding tert-OH is 1. The standard InChI is InChI=1S/C8H12N2O/c9-6-10-4-3-7-1-2-8(11)5-7/h3-4,7-8,10-11H,1-2,5H2/b4-3+/t7-,8-/m1/s1. The summed E-state index contributed by atoms with van der Waals surface area (Å²) in [5, 5.41) is 19.7. The predicted octanol–water partition coefficient (Wildman–Crippen LogP) is 0.732. The van der Waals surface area contributed by atoms with Crippen LogP contribution in [0, 0.1) is 17.4 Å². The Balaban J connectivity index is 2.23. The van der Waals surface area contributed by atoms with E-state index in [1.54, 1.807) is 12.4 Å². The van der Waals surface area contributed by atoms with Gasteiger partial charge in [-0.1, -0.05) is 6.08 Å². The molecule has 0 aliphatic heterocycles. The third-order valence-corrected chi connectivity index (χ3v) is 1.96. The van der Waals surface area contributed by atoms with Crippen LogP contribution in [0.2, 0.25) is 0 Å². The molecule has 3 nitrogen and oxygen atoms in total. The van der Waals surface area contributed by atoms with Gasteiger partial charge in [0.25, 0.3) is 0 Å². The Kier molecular flexibility index (Phi) is 2.94. The first-order chi connectivity index (χ1) is 5.33. The molecule has 1 saturated carbocycles. The monoisotopic (exact) mass is 152 g/mol. The van der Waals surface area contributed by atoms with Crippen LogP contribution in [0.5, 0.6) is 0 Å². The number of rotatable bonds is 2. The van der Waals surface area contributed by atoms with Crippen molar-refractivity contribution in [2.45, 2.75) is 25.4 Å². The molecule has 1 aliphatic carbocycles. The molecule has 60 valence electrons. The lowest BCUT2D eigenvalue weighted by molar-refractivity contribution is 0.180. The van der Waals surface area contributed by atoms with Crippen LogP contribution in [0.25, 0.3) is 0 Å². The number of hydrogen-bond donors (Lipinski definition) is 2. The van der Waals surface area contributed by atoms with E-state index in [0.29, 0.717) is 5.92 Å². The van der Waals surface area contributed by atoms with Crippen molar-refractivity contribution in [3.63, 3.8) is 0 Å². The average molecular weight is 152 g/mol. The molecule has 0 amide bonds. The summed E-state index contributed by atoms with van der Waals surface area (Å²) in [4.78, 5) is 0. The van der Waals surface area contributed by atoms with Gasteiger partial charge in [-0.15, -0.1) is 0 Å². The van der Waals surface area contributed by atoms with E-state index in [-0.39, 0.29) is 6.10 Å². The smallest absolute Gasteiger partial charge is 0.180 e. The molecule has 3 heteroatoms. The van der Waals surface area contributed by atoms with Gasteiger partial charge >= 0.3 is 0 Å². The Morgan fingerprint density at radius 2 is 2.36 bits per heavy atom. The van der Waals surface area contributed by atoms with E-state index in [0.717, 1.165) is 19.3 Å². The molecule has 0 radical (unpaired) electrons. The molecule has 0 saturated heterocycles. The lowest BCUT2D eigenvalue weighted by atomic mass is 10.1. The minimum Gasteiger partial charge on any atom is -0.393 e. The molecule has 0 bridgehead atoms. The maximum atomic E-state index is 9.14. The fourth-order valence-corrected chi connectivity index (χ4v) is 1.39. The number of nitrogens with one attached hydrogen (secondary N) is 1. The maximum absolute atomic E-state index is 9.14. The Morgan fingerprint density at radius 1 is 1.55 bits per heavy atom. The second-order valence-corrected chi connectivity index (χ2v) is 2.84. The van der Waals surface area contributed by atoms with Gasteiger partial charge in [0.2, 0.25) is 0 Å². The molecule has 0 unspecified atom stereocenters. The Morgan fingerprint density at radius 3 is 2.91 bits per heavy atom. The van der Waals surface area contributed by atoms with Gasteiger partial charge in [-0.25, -0.2) is 0 Å². The van der Waals surface area contributed by atoms with E-state index in [2.05, 4.69) is 5.32 Å². The van der Waals surface area contributed by atoms with Crippen molar-refractivity contribution in [1.29, 1.82) is 5.26 Å². The molecular weight excluding hydrogens is 140 g/mol. The largest absolute Gasteiger partial charge is 0.393 e. The lowest BCUT2D eigenvalue weighted by Gasteiger charge is -1.99. The van der Waals surface area contributed by atoms with Gasteiger partial charge in [0.05, 0.1) is 6.10 Å². The zero-order valence-corrected chi connectivity index (χ0v) is 6.33. The fourth-order valence-electron chi connectivity index (χ4n) is 1.39. The molecule has 2 atom stereocenters. The van der Waals surface area contributed by atoms with Gasteiger partial charge < -0.3 is 10.4 Å². The van der Waals surface area contributed by atoms with Gasteiger partial charge in [-0.05, 0) is 25.2 Å². The minimum absolute atomic E-state index is 0.133. The zero-order valence-electron chi connectivity index (χ0n) is 6.33. The molecule has 0 spiro atoms. The van der Waals surface area contributed by atoms with Crippen LogP contribution < -0.4 is 5.32 Å². The second kappa shape index (κ2) is 3.99. The predicted molar refractivity (Wildman–Crippen MR) is 41.2 cm³/mol. The van der Waals surface area contributed by atoms with Gasteiger partial charge in [0.1, 0.15) is 0 Å². The van der Waals surface area contributed by atoms with Crippen LogP contribution in [0.3, 0.4) is 0 Å². The highest BCUT2D eigenvalue weighted by molar-refractivity contribution is 4.94.